The third-order valence-electron chi connectivity index (χ3n) is 4.61. The Balaban J connectivity index is 1.76. The van der Waals surface area contributed by atoms with Crippen molar-refractivity contribution >= 4 is 33.4 Å². The molecule has 0 N–H and O–H groups in total. The summed E-state index contributed by atoms with van der Waals surface area (Å²) < 4.78 is 39.0. The van der Waals surface area contributed by atoms with Gasteiger partial charge in [-0.15, -0.1) is 0 Å². The van der Waals surface area contributed by atoms with Crippen molar-refractivity contribution in [3.63, 3.8) is 0 Å². The van der Waals surface area contributed by atoms with Crippen LogP contribution < -0.4 is 0 Å². The number of sulfone groups is 1. The molecule has 1 aliphatic heterocycles. The Morgan fingerprint density at radius 3 is 2.56 bits per heavy atom. The maximum atomic E-state index is 13.7. The van der Waals surface area contributed by atoms with Gasteiger partial charge in [-0.2, -0.15) is 0 Å². The molecule has 3 rings (SSSR count). The quantitative estimate of drug-likeness (QED) is 0.725. The first-order valence-corrected chi connectivity index (χ1v) is 10.7. The van der Waals surface area contributed by atoms with E-state index in [0.717, 1.165) is 0 Å². The van der Waals surface area contributed by atoms with Crippen LogP contribution in [0.3, 0.4) is 0 Å². The van der Waals surface area contributed by atoms with E-state index >= 15 is 0 Å². The Morgan fingerprint density at radius 1 is 1.11 bits per heavy atom. The highest BCUT2D eigenvalue weighted by Crippen LogP contribution is 2.33. The monoisotopic (exact) mass is 407 g/mol. The number of hydrogen-bond acceptors (Lipinski definition) is 3. The van der Waals surface area contributed by atoms with Gasteiger partial charge in [0.25, 0.3) is 0 Å². The molecule has 1 saturated heterocycles. The minimum atomic E-state index is -3.44. The summed E-state index contributed by atoms with van der Waals surface area (Å²) in [5.74, 6) is -0.894. The molecular weight excluding hydrogens is 389 g/mol. The Bertz CT molecular complexity index is 975. The summed E-state index contributed by atoms with van der Waals surface area (Å²) in [5, 5.41) is -0.329. The van der Waals surface area contributed by atoms with E-state index < -0.39 is 20.9 Å². The number of benzene rings is 2. The molecule has 4 nitrogen and oxygen atoms in total. The zero-order valence-corrected chi connectivity index (χ0v) is 16.1. The summed E-state index contributed by atoms with van der Waals surface area (Å²) in [4.78, 5) is 13.9. The van der Waals surface area contributed by atoms with Crippen molar-refractivity contribution in [2.75, 3.05) is 18.8 Å². The van der Waals surface area contributed by atoms with E-state index in [-0.39, 0.29) is 31.2 Å². The summed E-state index contributed by atoms with van der Waals surface area (Å²) in [6.45, 7) is 0.388. The Kier molecular flexibility index (Phi) is 5.97. The molecule has 142 valence electrons. The molecule has 0 spiro atoms. The smallest absolute Gasteiger partial charge is 0.246 e. The molecular formula is C20H19ClFNO3S. The van der Waals surface area contributed by atoms with Crippen molar-refractivity contribution in [2.24, 2.45) is 0 Å². The van der Waals surface area contributed by atoms with Gasteiger partial charge in [-0.25, -0.2) is 12.8 Å². The summed E-state index contributed by atoms with van der Waals surface area (Å²) in [6, 6.07) is 13.0. The van der Waals surface area contributed by atoms with Crippen molar-refractivity contribution < 1.29 is 17.6 Å². The zero-order valence-electron chi connectivity index (χ0n) is 14.5. The lowest BCUT2D eigenvalue weighted by Gasteiger charge is -2.18. The number of carbonyl (C=O) groups is 1. The molecule has 0 saturated carbocycles. The van der Waals surface area contributed by atoms with Gasteiger partial charge in [0, 0.05) is 29.8 Å². The molecule has 0 radical (unpaired) electrons. The Labute approximate surface area is 163 Å². The van der Waals surface area contributed by atoms with Crippen LogP contribution in [0, 0.1) is 5.82 Å². The number of halogens is 2. The molecule has 27 heavy (non-hydrogen) atoms. The van der Waals surface area contributed by atoms with Crippen molar-refractivity contribution in [2.45, 2.75) is 11.7 Å². The third-order valence-corrected chi connectivity index (χ3v) is 7.07. The summed E-state index contributed by atoms with van der Waals surface area (Å²) >= 11 is 6.18. The van der Waals surface area contributed by atoms with Crippen LogP contribution in [0.1, 0.15) is 22.8 Å². The van der Waals surface area contributed by atoms with E-state index in [4.69, 9.17) is 11.6 Å². The summed E-state index contributed by atoms with van der Waals surface area (Å²) in [7, 11) is -3.44. The largest absolute Gasteiger partial charge is 0.338 e. The molecule has 0 bridgehead atoms. The van der Waals surface area contributed by atoms with Crippen molar-refractivity contribution in [3.8, 4) is 0 Å². The van der Waals surface area contributed by atoms with Crippen LogP contribution in [0.15, 0.2) is 54.6 Å². The normalized spacial score (nSPS) is 19.8. The van der Waals surface area contributed by atoms with E-state index in [1.165, 1.54) is 23.1 Å². The van der Waals surface area contributed by atoms with Crippen LogP contribution in [0.25, 0.3) is 6.08 Å². The van der Waals surface area contributed by atoms with Gasteiger partial charge in [-0.3, -0.25) is 4.79 Å². The second-order valence-corrected chi connectivity index (χ2v) is 9.06. The first kappa shape index (κ1) is 19.6. The van der Waals surface area contributed by atoms with Gasteiger partial charge in [0.2, 0.25) is 5.91 Å². The highest BCUT2D eigenvalue weighted by molar-refractivity contribution is 7.91. The second-order valence-electron chi connectivity index (χ2n) is 6.35. The van der Waals surface area contributed by atoms with Crippen molar-refractivity contribution in [1.82, 2.24) is 4.90 Å². The fourth-order valence-electron chi connectivity index (χ4n) is 3.13. The molecule has 0 unspecified atom stereocenters. The van der Waals surface area contributed by atoms with Crippen LogP contribution in [0.4, 0.5) is 4.39 Å². The highest BCUT2D eigenvalue weighted by Gasteiger charge is 2.33. The van der Waals surface area contributed by atoms with Crippen LogP contribution in [0.5, 0.6) is 0 Å². The Morgan fingerprint density at radius 2 is 1.81 bits per heavy atom. The van der Waals surface area contributed by atoms with Crippen LogP contribution >= 0.6 is 11.6 Å². The van der Waals surface area contributed by atoms with E-state index in [1.807, 2.05) is 0 Å². The number of nitrogens with zero attached hydrogens (tertiary/aromatic N) is 1. The molecule has 1 fully saturated rings. The zero-order chi connectivity index (χ0) is 19.4. The van der Waals surface area contributed by atoms with Crippen LogP contribution in [-0.4, -0.2) is 38.1 Å². The van der Waals surface area contributed by atoms with Crippen LogP contribution in [0.2, 0.25) is 5.02 Å². The average Bonchev–Trinajstić information content (AvgIpc) is 2.79. The molecule has 2 aromatic carbocycles. The fourth-order valence-corrected chi connectivity index (χ4v) is 5.27. The van der Waals surface area contributed by atoms with Gasteiger partial charge in [-0.05, 0) is 30.2 Å². The lowest BCUT2D eigenvalue weighted by Crippen LogP contribution is -2.32. The van der Waals surface area contributed by atoms with Crippen molar-refractivity contribution in [1.29, 1.82) is 0 Å². The maximum absolute atomic E-state index is 13.7. The van der Waals surface area contributed by atoms with Crippen molar-refractivity contribution in [3.05, 3.63) is 76.6 Å². The second kappa shape index (κ2) is 8.23. The molecule has 1 atom stereocenters. The number of hydrogen-bond donors (Lipinski definition) is 0. The molecule has 1 heterocycles. The first-order chi connectivity index (χ1) is 12.9. The lowest BCUT2D eigenvalue weighted by atomic mass is 10.1. The van der Waals surface area contributed by atoms with Gasteiger partial charge in [0.1, 0.15) is 5.82 Å². The predicted molar refractivity (Wildman–Crippen MR) is 105 cm³/mol. The number of carbonyl (C=O) groups excluding carboxylic acids is 1. The van der Waals surface area contributed by atoms with Gasteiger partial charge in [0.15, 0.2) is 9.84 Å². The standard InChI is InChI=1S/C20H19ClFNO3S/c21-17-7-3-2-6-16(17)19-11-12-23(13-14-27(19,25)26)20(24)10-9-15-5-1-4-8-18(15)22/h1-10,19H,11-14H2/b10-9+/t19-/m1/s1. The lowest BCUT2D eigenvalue weighted by molar-refractivity contribution is -0.125. The van der Waals surface area contributed by atoms with Gasteiger partial charge in [0.05, 0.1) is 11.0 Å². The summed E-state index contributed by atoms with van der Waals surface area (Å²) in [6.07, 6.45) is 2.95. The third kappa shape index (κ3) is 4.57. The minimum absolute atomic E-state index is 0.101. The highest BCUT2D eigenvalue weighted by atomic mass is 35.5. The molecule has 2 aromatic rings. The van der Waals surface area contributed by atoms with E-state index in [1.54, 1.807) is 42.5 Å². The number of rotatable bonds is 3. The first-order valence-electron chi connectivity index (χ1n) is 8.56. The van der Waals surface area contributed by atoms with E-state index in [2.05, 4.69) is 0 Å². The maximum Gasteiger partial charge on any atom is 0.246 e. The predicted octanol–water partition coefficient (Wildman–Crippen LogP) is 3.88. The van der Waals surface area contributed by atoms with Gasteiger partial charge >= 0.3 is 0 Å². The molecule has 1 aliphatic rings. The van der Waals surface area contributed by atoms with Crippen LogP contribution in [-0.2, 0) is 14.6 Å². The van der Waals surface area contributed by atoms with E-state index in [0.29, 0.717) is 16.1 Å². The fraction of sp³-hybridized carbons (Fsp3) is 0.250. The number of amides is 1. The molecule has 7 heteroatoms. The SMILES string of the molecule is O=C(/C=C/c1ccccc1F)N1CC[C@H](c2ccccc2Cl)S(=O)(=O)CC1. The topological polar surface area (TPSA) is 54.5 Å². The summed E-state index contributed by atoms with van der Waals surface area (Å²) in [5.41, 5.74) is 0.873. The Hall–Kier alpha value is -2.18. The molecule has 1 amide bonds. The van der Waals surface area contributed by atoms with E-state index in [9.17, 15) is 17.6 Å². The van der Waals surface area contributed by atoms with Gasteiger partial charge in [-0.1, -0.05) is 48.0 Å². The van der Waals surface area contributed by atoms with Gasteiger partial charge < -0.3 is 4.90 Å². The molecule has 0 aliphatic carbocycles. The minimum Gasteiger partial charge on any atom is -0.338 e. The average molecular weight is 408 g/mol. The molecule has 0 aromatic heterocycles.